The number of amides is 1. The predicted molar refractivity (Wildman–Crippen MR) is 102 cm³/mol. The first-order chi connectivity index (χ1) is 12.6. The lowest BCUT2D eigenvalue weighted by atomic mass is 9.79. The van der Waals surface area contributed by atoms with Crippen molar-refractivity contribution in [2.75, 3.05) is 20.2 Å². The van der Waals surface area contributed by atoms with Crippen LogP contribution in [-0.2, 0) is 14.3 Å². The molecule has 2 atom stereocenters. The maximum Gasteiger partial charge on any atom is 0.410 e. The molecule has 2 unspecified atom stereocenters. The fourth-order valence-electron chi connectivity index (χ4n) is 3.35. The molecule has 27 heavy (non-hydrogen) atoms. The summed E-state index contributed by atoms with van der Waals surface area (Å²) in [5, 5.41) is 11.4. The Morgan fingerprint density at radius 1 is 1.19 bits per heavy atom. The van der Waals surface area contributed by atoms with Gasteiger partial charge in [0.25, 0.3) is 0 Å². The van der Waals surface area contributed by atoms with E-state index in [0.717, 1.165) is 0 Å². The number of aliphatic hydroxyl groups excluding tert-OH is 1. The summed E-state index contributed by atoms with van der Waals surface area (Å²) in [5.41, 5.74) is 0.0668. The zero-order chi connectivity index (χ0) is 20.2. The Morgan fingerprint density at radius 2 is 1.74 bits per heavy atom. The summed E-state index contributed by atoms with van der Waals surface area (Å²) >= 11 is 5.90. The Hall–Kier alpha value is -1.79. The van der Waals surface area contributed by atoms with Gasteiger partial charge in [-0.15, -0.1) is 0 Å². The summed E-state index contributed by atoms with van der Waals surface area (Å²) in [7, 11) is 1.32. The molecule has 1 aromatic rings. The first-order valence-electron chi connectivity index (χ1n) is 9.11. The average molecular weight is 398 g/mol. The molecule has 0 saturated carbocycles. The highest BCUT2D eigenvalue weighted by Crippen LogP contribution is 2.36. The summed E-state index contributed by atoms with van der Waals surface area (Å²) in [6.45, 7) is 6.43. The number of ether oxygens (including phenoxy) is 2. The Balaban J connectivity index is 2.07. The van der Waals surface area contributed by atoms with Crippen molar-refractivity contribution in [3.05, 3.63) is 34.9 Å². The van der Waals surface area contributed by atoms with Gasteiger partial charge in [-0.25, -0.2) is 4.79 Å². The standard InChI is InChI=1S/C20H28ClNO5/c1-20(2,3)27-19(25)22-11-9-13(10-12-22)16(18(24)26-4)17(23)14-5-7-15(21)8-6-14/h5-8,13,16-17,23H,9-12H2,1-4H3. The third-order valence-corrected chi connectivity index (χ3v) is 4.98. The van der Waals surface area contributed by atoms with E-state index in [9.17, 15) is 14.7 Å². The molecule has 1 saturated heterocycles. The van der Waals surface area contributed by atoms with Crippen molar-refractivity contribution in [3.63, 3.8) is 0 Å². The van der Waals surface area contributed by atoms with E-state index >= 15 is 0 Å². The van der Waals surface area contributed by atoms with Gasteiger partial charge in [-0.2, -0.15) is 0 Å². The van der Waals surface area contributed by atoms with Crippen molar-refractivity contribution in [2.45, 2.75) is 45.3 Å². The van der Waals surface area contributed by atoms with Crippen LogP contribution in [0.25, 0.3) is 0 Å². The lowest BCUT2D eigenvalue weighted by Gasteiger charge is -2.37. The molecule has 0 aromatic heterocycles. The zero-order valence-corrected chi connectivity index (χ0v) is 17.0. The molecule has 0 bridgehead atoms. The van der Waals surface area contributed by atoms with Crippen LogP contribution in [0, 0.1) is 11.8 Å². The molecule has 7 heteroatoms. The molecule has 1 heterocycles. The van der Waals surface area contributed by atoms with Gasteiger partial charge in [0.05, 0.1) is 19.1 Å². The molecule has 0 radical (unpaired) electrons. The van der Waals surface area contributed by atoms with E-state index in [1.54, 1.807) is 29.2 Å². The van der Waals surface area contributed by atoms with Crippen LogP contribution in [0.4, 0.5) is 4.79 Å². The number of nitrogens with zero attached hydrogens (tertiary/aromatic N) is 1. The number of halogens is 1. The fraction of sp³-hybridized carbons (Fsp3) is 0.600. The van der Waals surface area contributed by atoms with E-state index < -0.39 is 23.6 Å². The second-order valence-corrected chi connectivity index (χ2v) is 8.29. The number of benzene rings is 1. The van der Waals surface area contributed by atoms with E-state index in [0.29, 0.717) is 36.5 Å². The number of rotatable bonds is 4. The quantitative estimate of drug-likeness (QED) is 0.782. The number of likely N-dealkylation sites (tertiary alicyclic amines) is 1. The van der Waals surface area contributed by atoms with Gasteiger partial charge in [-0.05, 0) is 57.2 Å². The number of esters is 1. The first kappa shape index (κ1) is 21.5. The van der Waals surface area contributed by atoms with Gasteiger partial charge in [0.1, 0.15) is 5.60 Å². The highest BCUT2D eigenvalue weighted by molar-refractivity contribution is 6.30. The summed E-state index contributed by atoms with van der Waals surface area (Å²) in [5.74, 6) is -1.24. The molecular formula is C20H28ClNO5. The second-order valence-electron chi connectivity index (χ2n) is 7.85. The number of hydrogen-bond donors (Lipinski definition) is 1. The van der Waals surface area contributed by atoms with Gasteiger partial charge in [-0.3, -0.25) is 4.79 Å². The number of carbonyl (C=O) groups is 2. The maximum absolute atomic E-state index is 12.4. The highest BCUT2D eigenvalue weighted by atomic mass is 35.5. The molecular weight excluding hydrogens is 370 g/mol. The summed E-state index contributed by atoms with van der Waals surface area (Å²) in [6.07, 6.45) is -0.172. The van der Waals surface area contributed by atoms with E-state index in [1.807, 2.05) is 20.8 Å². The minimum atomic E-state index is -0.993. The van der Waals surface area contributed by atoms with Crippen LogP contribution in [0.1, 0.15) is 45.3 Å². The minimum Gasteiger partial charge on any atom is -0.469 e. The lowest BCUT2D eigenvalue weighted by Crippen LogP contribution is -2.44. The fourth-order valence-corrected chi connectivity index (χ4v) is 3.48. The average Bonchev–Trinajstić information content (AvgIpc) is 2.61. The summed E-state index contributed by atoms with van der Waals surface area (Å²) in [4.78, 5) is 26.2. The largest absolute Gasteiger partial charge is 0.469 e. The molecule has 1 amide bonds. The van der Waals surface area contributed by atoms with Crippen molar-refractivity contribution in [3.8, 4) is 0 Å². The van der Waals surface area contributed by atoms with Gasteiger partial charge in [0.15, 0.2) is 0 Å². The molecule has 6 nitrogen and oxygen atoms in total. The number of carbonyl (C=O) groups excluding carboxylic acids is 2. The second kappa shape index (κ2) is 8.93. The molecule has 1 aliphatic heterocycles. The van der Waals surface area contributed by atoms with Gasteiger partial charge >= 0.3 is 12.1 Å². The van der Waals surface area contributed by atoms with Crippen molar-refractivity contribution in [1.82, 2.24) is 4.90 Å². The Kier molecular flexibility index (Phi) is 7.12. The van der Waals surface area contributed by atoms with Crippen LogP contribution in [0.2, 0.25) is 5.02 Å². The molecule has 0 aliphatic carbocycles. The number of methoxy groups -OCH3 is 1. The van der Waals surface area contributed by atoms with Crippen molar-refractivity contribution >= 4 is 23.7 Å². The minimum absolute atomic E-state index is 0.0955. The maximum atomic E-state index is 12.4. The van der Waals surface area contributed by atoms with Crippen LogP contribution in [-0.4, -0.2) is 47.9 Å². The molecule has 0 spiro atoms. The Morgan fingerprint density at radius 3 is 2.22 bits per heavy atom. The highest BCUT2D eigenvalue weighted by Gasteiger charge is 2.39. The SMILES string of the molecule is COC(=O)C(C1CCN(C(=O)OC(C)(C)C)CC1)C(O)c1ccc(Cl)cc1. The van der Waals surface area contributed by atoms with Crippen LogP contribution >= 0.6 is 11.6 Å². The summed E-state index contributed by atoms with van der Waals surface area (Å²) in [6, 6.07) is 6.77. The molecule has 1 N–H and O–H groups in total. The van der Waals surface area contributed by atoms with Gasteiger partial charge in [-0.1, -0.05) is 23.7 Å². The summed E-state index contributed by atoms with van der Waals surface area (Å²) < 4.78 is 10.3. The molecule has 1 aromatic carbocycles. The number of piperidine rings is 1. The number of hydrogen-bond acceptors (Lipinski definition) is 5. The first-order valence-corrected chi connectivity index (χ1v) is 9.49. The van der Waals surface area contributed by atoms with Crippen molar-refractivity contribution < 1.29 is 24.2 Å². The van der Waals surface area contributed by atoms with Gasteiger partial charge in [0.2, 0.25) is 0 Å². The van der Waals surface area contributed by atoms with Gasteiger partial charge in [0, 0.05) is 18.1 Å². The van der Waals surface area contributed by atoms with Crippen LogP contribution in [0.3, 0.4) is 0 Å². The lowest BCUT2D eigenvalue weighted by molar-refractivity contribution is -0.153. The van der Waals surface area contributed by atoms with Gasteiger partial charge < -0.3 is 19.5 Å². The van der Waals surface area contributed by atoms with E-state index in [4.69, 9.17) is 21.1 Å². The monoisotopic (exact) mass is 397 g/mol. The zero-order valence-electron chi connectivity index (χ0n) is 16.3. The van der Waals surface area contributed by atoms with Crippen molar-refractivity contribution in [2.24, 2.45) is 11.8 Å². The van der Waals surface area contributed by atoms with E-state index in [2.05, 4.69) is 0 Å². The van der Waals surface area contributed by atoms with Crippen LogP contribution < -0.4 is 0 Å². The predicted octanol–water partition coefficient (Wildman–Crippen LogP) is 3.81. The Labute approximate surface area is 165 Å². The third kappa shape index (κ3) is 5.84. The third-order valence-electron chi connectivity index (χ3n) is 4.72. The normalized spacial score (nSPS) is 17.9. The Bertz CT molecular complexity index is 647. The van der Waals surface area contributed by atoms with Crippen LogP contribution in [0.15, 0.2) is 24.3 Å². The topological polar surface area (TPSA) is 76.1 Å². The van der Waals surface area contributed by atoms with Crippen molar-refractivity contribution in [1.29, 1.82) is 0 Å². The number of aliphatic hydroxyl groups is 1. The smallest absolute Gasteiger partial charge is 0.410 e. The molecule has 2 rings (SSSR count). The molecule has 1 aliphatic rings. The van der Waals surface area contributed by atoms with E-state index in [-0.39, 0.29) is 12.0 Å². The van der Waals surface area contributed by atoms with E-state index in [1.165, 1.54) is 7.11 Å². The molecule has 1 fully saturated rings. The molecule has 150 valence electrons. The van der Waals surface area contributed by atoms with Crippen LogP contribution in [0.5, 0.6) is 0 Å².